The summed E-state index contributed by atoms with van der Waals surface area (Å²) in [7, 11) is 1.95. The Morgan fingerprint density at radius 3 is 2.83 bits per heavy atom. The van der Waals surface area contributed by atoms with Crippen molar-refractivity contribution in [3.8, 4) is 0 Å². The fraction of sp³-hybridized carbons (Fsp3) is 0.562. The highest BCUT2D eigenvalue weighted by atomic mass is 16.5. The van der Waals surface area contributed by atoms with E-state index in [4.69, 9.17) is 4.74 Å². The summed E-state index contributed by atoms with van der Waals surface area (Å²) in [6.45, 7) is 6.45. The molecule has 0 aromatic carbocycles. The number of hydrogen-bond donors (Lipinski definition) is 1. The van der Waals surface area contributed by atoms with Crippen molar-refractivity contribution in [2.75, 3.05) is 26.2 Å². The van der Waals surface area contributed by atoms with Gasteiger partial charge in [0.15, 0.2) is 0 Å². The molecular formula is C16H24N6O. The van der Waals surface area contributed by atoms with E-state index in [1.807, 2.05) is 30.3 Å². The molecule has 1 N–H and O–H groups in total. The molecule has 2 aromatic heterocycles. The average Bonchev–Trinajstić information content (AvgIpc) is 3.01. The van der Waals surface area contributed by atoms with E-state index in [2.05, 4.69) is 38.4 Å². The number of nitrogens with one attached hydrogen (secondary N) is 1. The second-order valence-electron chi connectivity index (χ2n) is 5.81. The number of hydrogen-bond acceptors (Lipinski definition) is 6. The van der Waals surface area contributed by atoms with Gasteiger partial charge in [0, 0.05) is 56.4 Å². The quantitative estimate of drug-likeness (QED) is 0.849. The number of nitrogens with zero attached hydrogens (tertiary/aromatic N) is 5. The fourth-order valence-corrected chi connectivity index (χ4v) is 3.11. The maximum Gasteiger partial charge on any atom is 0.115 e. The second-order valence-corrected chi connectivity index (χ2v) is 5.81. The van der Waals surface area contributed by atoms with Crippen molar-refractivity contribution in [1.29, 1.82) is 0 Å². The van der Waals surface area contributed by atoms with Crippen molar-refractivity contribution in [1.82, 2.24) is 30.0 Å². The summed E-state index contributed by atoms with van der Waals surface area (Å²) in [4.78, 5) is 10.5. The predicted octanol–water partition coefficient (Wildman–Crippen LogP) is 0.762. The van der Waals surface area contributed by atoms with Gasteiger partial charge in [0.1, 0.15) is 6.33 Å². The first-order chi connectivity index (χ1) is 11.3. The van der Waals surface area contributed by atoms with Crippen molar-refractivity contribution >= 4 is 0 Å². The predicted molar refractivity (Wildman–Crippen MR) is 86.7 cm³/mol. The SMILES string of the molecule is CCN1CCO[C@@H](CNCc2cncnc2)[C@@H]1c1cnn(C)c1. The summed E-state index contributed by atoms with van der Waals surface area (Å²) >= 11 is 0. The lowest BCUT2D eigenvalue weighted by atomic mass is 10.0. The molecule has 0 amide bonds. The Morgan fingerprint density at radius 2 is 2.13 bits per heavy atom. The van der Waals surface area contributed by atoms with Crippen LogP contribution < -0.4 is 5.32 Å². The van der Waals surface area contributed by atoms with Gasteiger partial charge in [-0.2, -0.15) is 5.10 Å². The van der Waals surface area contributed by atoms with E-state index in [0.717, 1.165) is 38.3 Å². The van der Waals surface area contributed by atoms with Crippen LogP contribution in [0.2, 0.25) is 0 Å². The van der Waals surface area contributed by atoms with Gasteiger partial charge in [-0.1, -0.05) is 6.92 Å². The summed E-state index contributed by atoms with van der Waals surface area (Å²) in [5.41, 5.74) is 2.29. The molecule has 1 aliphatic rings. The maximum atomic E-state index is 6.05. The summed E-state index contributed by atoms with van der Waals surface area (Å²) < 4.78 is 7.90. The Kier molecular flexibility index (Phi) is 5.32. The van der Waals surface area contributed by atoms with Crippen LogP contribution in [0.15, 0.2) is 31.1 Å². The van der Waals surface area contributed by atoms with E-state index in [1.54, 1.807) is 6.33 Å². The molecule has 0 saturated carbocycles. The van der Waals surface area contributed by atoms with Crippen molar-refractivity contribution in [2.45, 2.75) is 25.6 Å². The van der Waals surface area contributed by atoms with Crippen LogP contribution >= 0.6 is 0 Å². The fourth-order valence-electron chi connectivity index (χ4n) is 3.11. The molecule has 7 nitrogen and oxygen atoms in total. The van der Waals surface area contributed by atoms with E-state index < -0.39 is 0 Å². The van der Waals surface area contributed by atoms with E-state index in [1.165, 1.54) is 5.56 Å². The van der Waals surface area contributed by atoms with Crippen molar-refractivity contribution in [2.24, 2.45) is 7.05 Å². The highest BCUT2D eigenvalue weighted by Crippen LogP contribution is 2.28. The molecule has 0 spiro atoms. The zero-order chi connectivity index (χ0) is 16.1. The van der Waals surface area contributed by atoms with Crippen LogP contribution in [0.4, 0.5) is 0 Å². The smallest absolute Gasteiger partial charge is 0.115 e. The Bertz CT molecular complexity index is 602. The number of likely N-dealkylation sites (N-methyl/N-ethyl adjacent to an activating group) is 1. The van der Waals surface area contributed by atoms with Gasteiger partial charge in [-0.15, -0.1) is 0 Å². The van der Waals surface area contributed by atoms with Gasteiger partial charge in [0.05, 0.1) is 24.9 Å². The van der Waals surface area contributed by atoms with Gasteiger partial charge >= 0.3 is 0 Å². The van der Waals surface area contributed by atoms with Crippen LogP contribution in [0, 0.1) is 0 Å². The molecule has 0 bridgehead atoms. The molecule has 0 aliphatic carbocycles. The Balaban J connectivity index is 1.65. The van der Waals surface area contributed by atoms with Crippen molar-refractivity contribution < 1.29 is 4.74 Å². The Labute approximate surface area is 136 Å². The second kappa shape index (κ2) is 7.63. The van der Waals surface area contributed by atoms with E-state index >= 15 is 0 Å². The summed E-state index contributed by atoms with van der Waals surface area (Å²) in [6, 6.07) is 0.238. The third-order valence-corrected chi connectivity index (χ3v) is 4.22. The van der Waals surface area contributed by atoms with Gasteiger partial charge < -0.3 is 10.1 Å². The molecule has 1 aliphatic heterocycles. The summed E-state index contributed by atoms with van der Waals surface area (Å²) in [6.07, 6.45) is 9.35. The van der Waals surface area contributed by atoms with Gasteiger partial charge in [-0.3, -0.25) is 9.58 Å². The van der Waals surface area contributed by atoms with Crippen LogP contribution in [0.5, 0.6) is 0 Å². The molecule has 3 rings (SSSR count). The van der Waals surface area contributed by atoms with Crippen LogP contribution in [0.1, 0.15) is 24.1 Å². The van der Waals surface area contributed by atoms with Crippen molar-refractivity contribution in [3.63, 3.8) is 0 Å². The minimum absolute atomic E-state index is 0.109. The highest BCUT2D eigenvalue weighted by Gasteiger charge is 2.33. The van der Waals surface area contributed by atoms with E-state index in [-0.39, 0.29) is 12.1 Å². The lowest BCUT2D eigenvalue weighted by Crippen LogP contribution is -2.48. The average molecular weight is 316 g/mol. The number of rotatable bonds is 6. The molecular weight excluding hydrogens is 292 g/mol. The van der Waals surface area contributed by atoms with Gasteiger partial charge in [0.25, 0.3) is 0 Å². The van der Waals surface area contributed by atoms with Crippen LogP contribution in [-0.4, -0.2) is 57.0 Å². The van der Waals surface area contributed by atoms with Gasteiger partial charge in [0.2, 0.25) is 0 Å². The first-order valence-corrected chi connectivity index (χ1v) is 8.06. The van der Waals surface area contributed by atoms with Crippen LogP contribution in [0.25, 0.3) is 0 Å². The molecule has 1 fully saturated rings. The lowest BCUT2D eigenvalue weighted by Gasteiger charge is -2.40. The zero-order valence-corrected chi connectivity index (χ0v) is 13.7. The molecule has 2 atom stereocenters. The molecule has 7 heteroatoms. The third-order valence-electron chi connectivity index (χ3n) is 4.22. The van der Waals surface area contributed by atoms with Crippen LogP contribution in [0.3, 0.4) is 0 Å². The molecule has 1 saturated heterocycles. The first-order valence-electron chi connectivity index (χ1n) is 8.06. The number of ether oxygens (including phenoxy) is 1. The molecule has 0 unspecified atom stereocenters. The number of morpholine rings is 1. The van der Waals surface area contributed by atoms with Gasteiger partial charge in [-0.05, 0) is 6.54 Å². The summed E-state index contributed by atoms with van der Waals surface area (Å²) in [5, 5.41) is 7.78. The zero-order valence-electron chi connectivity index (χ0n) is 13.7. The summed E-state index contributed by atoms with van der Waals surface area (Å²) in [5.74, 6) is 0. The lowest BCUT2D eigenvalue weighted by molar-refractivity contribution is -0.0695. The van der Waals surface area contributed by atoms with Gasteiger partial charge in [-0.25, -0.2) is 9.97 Å². The van der Waals surface area contributed by atoms with E-state index in [0.29, 0.717) is 0 Å². The topological polar surface area (TPSA) is 68.1 Å². The van der Waals surface area contributed by atoms with E-state index in [9.17, 15) is 0 Å². The molecule has 2 aromatic rings. The number of aromatic nitrogens is 4. The van der Waals surface area contributed by atoms with Crippen LogP contribution in [-0.2, 0) is 18.3 Å². The molecule has 3 heterocycles. The van der Waals surface area contributed by atoms with Crippen molar-refractivity contribution in [3.05, 3.63) is 42.2 Å². The highest BCUT2D eigenvalue weighted by molar-refractivity contribution is 5.14. The molecule has 23 heavy (non-hydrogen) atoms. The Morgan fingerprint density at radius 1 is 1.30 bits per heavy atom. The minimum Gasteiger partial charge on any atom is -0.374 e. The number of aryl methyl sites for hydroxylation is 1. The largest absolute Gasteiger partial charge is 0.374 e. The third kappa shape index (κ3) is 3.93. The Hall–Kier alpha value is -1.83. The maximum absolute atomic E-state index is 6.05. The minimum atomic E-state index is 0.109. The monoisotopic (exact) mass is 316 g/mol. The standard InChI is InChI=1S/C16H24N6O/c1-3-22-4-5-23-15(16(22)14-9-20-21(2)11-14)10-17-6-13-7-18-12-19-8-13/h7-9,11-12,15-17H,3-6,10H2,1-2H3/t15-,16-/m0/s1. The molecule has 124 valence electrons. The first kappa shape index (κ1) is 16.0. The normalized spacial score (nSPS) is 22.3. The molecule has 0 radical (unpaired) electrons.